The van der Waals surface area contributed by atoms with Crippen molar-refractivity contribution >= 4 is 17.4 Å². The average molecular weight is 402 g/mol. The van der Waals surface area contributed by atoms with Crippen molar-refractivity contribution in [1.82, 2.24) is 4.98 Å². The molecule has 0 aliphatic carbocycles. The molecule has 0 bridgehead atoms. The largest absolute Gasteiger partial charge is 0.454 e. The van der Waals surface area contributed by atoms with Gasteiger partial charge in [-0.25, -0.2) is 0 Å². The Morgan fingerprint density at radius 3 is 2.67 bits per heavy atom. The van der Waals surface area contributed by atoms with E-state index < -0.39 is 11.5 Å². The lowest BCUT2D eigenvalue weighted by atomic mass is 9.88. The molecule has 0 radical (unpaired) electrons. The van der Waals surface area contributed by atoms with Gasteiger partial charge >= 0.3 is 0 Å². The molecule has 0 saturated heterocycles. The van der Waals surface area contributed by atoms with E-state index in [1.807, 2.05) is 12.1 Å². The first kappa shape index (κ1) is 18.3. The molecule has 5 rings (SSSR count). The third-order valence-electron chi connectivity index (χ3n) is 5.44. The standard InChI is InChI=1S/C23H18N2O5/c26-19(16-7-9-24-10-8-16)12-23(28)17-3-1-2-4-18(17)25(22(23)27)13-15-5-6-20-21(11-15)30-14-29-20/h1-11,28H,12-14H2/t23-/m0/s1. The zero-order valence-corrected chi connectivity index (χ0v) is 15.9. The van der Waals surface area contributed by atoms with Gasteiger partial charge in [-0.15, -0.1) is 0 Å². The fraction of sp³-hybridized carbons (Fsp3) is 0.174. The number of hydrogen-bond acceptors (Lipinski definition) is 6. The van der Waals surface area contributed by atoms with Crippen LogP contribution in [0, 0.1) is 0 Å². The van der Waals surface area contributed by atoms with Crippen LogP contribution < -0.4 is 14.4 Å². The summed E-state index contributed by atoms with van der Waals surface area (Å²) in [4.78, 5) is 31.5. The highest BCUT2D eigenvalue weighted by Gasteiger charge is 2.50. The maximum atomic E-state index is 13.3. The van der Waals surface area contributed by atoms with Gasteiger partial charge in [-0.05, 0) is 35.9 Å². The van der Waals surface area contributed by atoms with Crippen LogP contribution in [0.15, 0.2) is 67.0 Å². The second-order valence-corrected chi connectivity index (χ2v) is 7.29. The fourth-order valence-electron chi connectivity index (χ4n) is 3.93. The Balaban J connectivity index is 1.47. The van der Waals surface area contributed by atoms with Crippen LogP contribution in [-0.4, -0.2) is 28.6 Å². The molecule has 3 heterocycles. The third-order valence-corrected chi connectivity index (χ3v) is 5.44. The molecule has 2 aliphatic heterocycles. The number of anilines is 1. The normalized spacial score (nSPS) is 19.1. The molecule has 0 fully saturated rings. The monoisotopic (exact) mass is 402 g/mol. The molecule has 0 spiro atoms. The number of hydrogen-bond donors (Lipinski definition) is 1. The van der Waals surface area contributed by atoms with E-state index in [0.717, 1.165) is 5.56 Å². The van der Waals surface area contributed by atoms with Crippen molar-refractivity contribution in [3.05, 3.63) is 83.7 Å². The number of carbonyl (C=O) groups excluding carboxylic acids is 2. The summed E-state index contributed by atoms with van der Waals surface area (Å²) in [6.45, 7) is 0.402. The van der Waals surface area contributed by atoms with E-state index in [0.29, 0.717) is 28.3 Å². The highest BCUT2D eigenvalue weighted by atomic mass is 16.7. The first-order valence-electron chi connectivity index (χ1n) is 9.52. The van der Waals surface area contributed by atoms with Gasteiger partial charge in [0.15, 0.2) is 22.9 Å². The van der Waals surface area contributed by atoms with E-state index in [1.165, 1.54) is 17.3 Å². The Hall–Kier alpha value is -3.71. The van der Waals surface area contributed by atoms with Gasteiger partial charge in [0.05, 0.1) is 18.7 Å². The Labute approximate surface area is 172 Å². The van der Waals surface area contributed by atoms with Gasteiger partial charge in [-0.1, -0.05) is 24.3 Å². The molecule has 0 saturated carbocycles. The van der Waals surface area contributed by atoms with E-state index in [4.69, 9.17) is 9.47 Å². The zero-order valence-electron chi connectivity index (χ0n) is 15.9. The molecule has 1 N–H and O–H groups in total. The number of Topliss-reactive ketones (excluding diaryl/α,β-unsaturated/α-hetero) is 1. The number of nitrogens with zero attached hydrogens (tertiary/aromatic N) is 2. The number of aliphatic hydroxyl groups is 1. The fourth-order valence-corrected chi connectivity index (χ4v) is 3.93. The van der Waals surface area contributed by atoms with E-state index in [2.05, 4.69) is 4.98 Å². The summed E-state index contributed by atoms with van der Waals surface area (Å²) >= 11 is 0. The second-order valence-electron chi connectivity index (χ2n) is 7.29. The Bertz CT molecular complexity index is 1150. The first-order valence-corrected chi connectivity index (χ1v) is 9.52. The predicted molar refractivity (Wildman–Crippen MR) is 107 cm³/mol. The minimum atomic E-state index is -1.92. The van der Waals surface area contributed by atoms with Gasteiger partial charge in [-0.2, -0.15) is 0 Å². The van der Waals surface area contributed by atoms with Crippen molar-refractivity contribution in [3.8, 4) is 11.5 Å². The minimum absolute atomic E-state index is 0.168. The molecule has 3 aromatic rings. The van der Waals surface area contributed by atoms with Crippen LogP contribution in [0.3, 0.4) is 0 Å². The van der Waals surface area contributed by atoms with Crippen LogP contribution in [0.1, 0.15) is 27.9 Å². The van der Waals surface area contributed by atoms with Gasteiger partial charge in [0.25, 0.3) is 5.91 Å². The summed E-state index contributed by atoms with van der Waals surface area (Å²) in [5.74, 6) is 0.429. The zero-order chi connectivity index (χ0) is 20.7. The van der Waals surface area contributed by atoms with Gasteiger partial charge in [0.2, 0.25) is 6.79 Å². The van der Waals surface area contributed by atoms with E-state index in [1.54, 1.807) is 42.5 Å². The molecule has 30 heavy (non-hydrogen) atoms. The Morgan fingerprint density at radius 1 is 1.07 bits per heavy atom. The quantitative estimate of drug-likeness (QED) is 0.660. The van der Waals surface area contributed by atoms with Gasteiger partial charge in [0.1, 0.15) is 0 Å². The molecule has 2 aromatic carbocycles. The molecule has 1 amide bonds. The van der Waals surface area contributed by atoms with Crippen LogP contribution in [0.2, 0.25) is 0 Å². The van der Waals surface area contributed by atoms with Crippen LogP contribution in [-0.2, 0) is 16.9 Å². The number of fused-ring (bicyclic) bond motifs is 2. The number of aromatic nitrogens is 1. The van der Waals surface area contributed by atoms with E-state index in [-0.39, 0.29) is 25.5 Å². The van der Waals surface area contributed by atoms with Crippen LogP contribution in [0.25, 0.3) is 0 Å². The van der Waals surface area contributed by atoms with Gasteiger partial charge < -0.3 is 19.5 Å². The SMILES string of the molecule is O=C(C[C@@]1(O)C(=O)N(Cc2ccc3c(c2)OCO3)c2ccccc21)c1ccncc1. The lowest BCUT2D eigenvalue weighted by Crippen LogP contribution is -2.41. The molecule has 7 heteroatoms. The first-order chi connectivity index (χ1) is 14.6. The summed E-state index contributed by atoms with van der Waals surface area (Å²) < 4.78 is 10.8. The summed E-state index contributed by atoms with van der Waals surface area (Å²) in [5.41, 5.74) is 0.321. The molecule has 0 unspecified atom stereocenters. The molecule has 1 atom stereocenters. The highest BCUT2D eigenvalue weighted by molar-refractivity contribution is 6.10. The van der Waals surface area contributed by atoms with Gasteiger partial charge in [0, 0.05) is 23.5 Å². The van der Waals surface area contributed by atoms with Crippen LogP contribution >= 0.6 is 0 Å². The summed E-state index contributed by atoms with van der Waals surface area (Å²) in [7, 11) is 0. The van der Waals surface area contributed by atoms with Gasteiger partial charge in [-0.3, -0.25) is 14.6 Å². The molecular weight excluding hydrogens is 384 g/mol. The molecule has 2 aliphatic rings. The maximum Gasteiger partial charge on any atom is 0.264 e. The average Bonchev–Trinajstić information content (AvgIpc) is 3.32. The molecule has 1 aromatic heterocycles. The topological polar surface area (TPSA) is 89.0 Å². The van der Waals surface area contributed by atoms with Crippen LogP contribution in [0.5, 0.6) is 11.5 Å². The van der Waals surface area contributed by atoms with Crippen LogP contribution in [0.4, 0.5) is 5.69 Å². The maximum absolute atomic E-state index is 13.3. The Kier molecular flexibility index (Phi) is 4.25. The van der Waals surface area contributed by atoms with Crippen molar-refractivity contribution in [2.75, 3.05) is 11.7 Å². The number of carbonyl (C=O) groups is 2. The number of amides is 1. The number of rotatable bonds is 5. The number of ketones is 1. The minimum Gasteiger partial charge on any atom is -0.454 e. The highest BCUT2D eigenvalue weighted by Crippen LogP contribution is 2.44. The predicted octanol–water partition coefficient (Wildman–Crippen LogP) is 2.82. The van der Waals surface area contributed by atoms with E-state index >= 15 is 0 Å². The summed E-state index contributed by atoms with van der Waals surface area (Å²) in [5, 5.41) is 11.4. The smallest absolute Gasteiger partial charge is 0.264 e. The lowest BCUT2D eigenvalue weighted by molar-refractivity contribution is -0.136. The number of pyridine rings is 1. The summed E-state index contributed by atoms with van der Waals surface area (Å²) in [6.07, 6.45) is 2.67. The summed E-state index contributed by atoms with van der Waals surface area (Å²) in [6, 6.07) is 15.6. The lowest BCUT2D eigenvalue weighted by Gasteiger charge is -2.23. The van der Waals surface area contributed by atoms with Crippen molar-refractivity contribution in [2.24, 2.45) is 0 Å². The molecule has 7 nitrogen and oxygen atoms in total. The number of para-hydroxylation sites is 1. The van der Waals surface area contributed by atoms with Crippen molar-refractivity contribution < 1.29 is 24.2 Å². The van der Waals surface area contributed by atoms with Crippen molar-refractivity contribution in [2.45, 2.75) is 18.6 Å². The van der Waals surface area contributed by atoms with E-state index in [9.17, 15) is 14.7 Å². The Morgan fingerprint density at radius 2 is 1.83 bits per heavy atom. The molecule has 150 valence electrons. The number of benzene rings is 2. The van der Waals surface area contributed by atoms with Crippen molar-refractivity contribution in [1.29, 1.82) is 0 Å². The van der Waals surface area contributed by atoms with Crippen molar-refractivity contribution in [3.63, 3.8) is 0 Å². The number of ether oxygens (including phenoxy) is 2. The third kappa shape index (κ3) is 2.91. The molecular formula is C23H18N2O5. The second kappa shape index (κ2) is 6.96.